The maximum Gasteiger partial charge on any atom is 0.278 e. The van der Waals surface area contributed by atoms with Gasteiger partial charge < -0.3 is 4.98 Å². The minimum absolute atomic E-state index is 0.290. The molecule has 0 saturated carbocycles. The molecule has 0 radical (unpaired) electrons. The monoisotopic (exact) mass is 343 g/mol. The first-order valence-electron chi connectivity index (χ1n) is 8.08. The van der Waals surface area contributed by atoms with Crippen LogP contribution in [0.15, 0.2) is 55.1 Å². The number of hydrogen-bond acceptors (Lipinski definition) is 4. The highest BCUT2D eigenvalue weighted by atomic mass is 16.2. The summed E-state index contributed by atoms with van der Waals surface area (Å²) in [4.78, 5) is 38.5. The molecule has 4 heterocycles. The topological polar surface area (TPSA) is 83.9 Å². The molecule has 1 aromatic carbocycles. The average molecular weight is 343 g/mol. The van der Waals surface area contributed by atoms with Gasteiger partial charge in [0.25, 0.3) is 11.8 Å². The van der Waals surface area contributed by atoms with Crippen LogP contribution in [0.2, 0.25) is 0 Å². The molecule has 0 bridgehead atoms. The van der Waals surface area contributed by atoms with E-state index in [9.17, 15) is 9.59 Å². The maximum absolute atomic E-state index is 12.9. The molecule has 1 aliphatic rings. The van der Waals surface area contributed by atoms with Gasteiger partial charge in [0.2, 0.25) is 0 Å². The van der Waals surface area contributed by atoms with Crippen LogP contribution in [0.1, 0.15) is 5.56 Å². The number of imidazole rings is 1. The number of pyridine rings is 1. The van der Waals surface area contributed by atoms with Crippen LogP contribution in [0.25, 0.3) is 33.3 Å². The molecule has 3 aromatic heterocycles. The standard InChI is InChI=1S/C19H13N5O2/c1-23-18(25)15(12-9-21-13-6-3-2-5-11(12)13)16(19(23)26)24-10-22-17-14(24)7-4-8-20-17/h2-10,21H,1H3. The zero-order valence-corrected chi connectivity index (χ0v) is 13.8. The quantitative estimate of drug-likeness (QED) is 0.566. The summed E-state index contributed by atoms with van der Waals surface area (Å²) in [5, 5.41) is 0.888. The van der Waals surface area contributed by atoms with E-state index in [4.69, 9.17) is 0 Å². The van der Waals surface area contributed by atoms with Gasteiger partial charge in [0.1, 0.15) is 12.0 Å². The second-order valence-corrected chi connectivity index (χ2v) is 6.10. The number of aromatic nitrogens is 4. The van der Waals surface area contributed by atoms with Gasteiger partial charge >= 0.3 is 0 Å². The number of benzene rings is 1. The Kier molecular flexibility index (Phi) is 2.88. The molecule has 0 atom stereocenters. The maximum atomic E-state index is 12.9. The average Bonchev–Trinajstić information content (AvgIpc) is 3.33. The summed E-state index contributed by atoms with van der Waals surface area (Å²) in [6.45, 7) is 0. The van der Waals surface area contributed by atoms with Crippen molar-refractivity contribution in [2.45, 2.75) is 0 Å². The van der Waals surface area contributed by atoms with E-state index in [1.54, 1.807) is 23.0 Å². The summed E-state index contributed by atoms with van der Waals surface area (Å²) in [5.41, 5.74) is 3.45. The van der Waals surface area contributed by atoms with Gasteiger partial charge in [-0.3, -0.25) is 19.1 Å². The van der Waals surface area contributed by atoms with Crippen molar-refractivity contribution in [2.75, 3.05) is 7.05 Å². The largest absolute Gasteiger partial charge is 0.361 e. The number of nitrogens with one attached hydrogen (secondary N) is 1. The second-order valence-electron chi connectivity index (χ2n) is 6.10. The summed E-state index contributed by atoms with van der Waals surface area (Å²) >= 11 is 0. The fraction of sp³-hybridized carbons (Fsp3) is 0.0526. The Hall–Kier alpha value is -3.74. The zero-order valence-electron chi connectivity index (χ0n) is 13.8. The third kappa shape index (κ3) is 1.82. The number of carbonyl (C=O) groups is 2. The smallest absolute Gasteiger partial charge is 0.278 e. The lowest BCUT2D eigenvalue weighted by Crippen LogP contribution is -2.27. The van der Waals surface area contributed by atoms with E-state index in [0.717, 1.165) is 15.8 Å². The minimum atomic E-state index is -0.363. The summed E-state index contributed by atoms with van der Waals surface area (Å²) in [5.74, 6) is -0.695. The summed E-state index contributed by atoms with van der Waals surface area (Å²) < 4.78 is 1.64. The number of likely N-dealkylation sites (N-methyl/N-ethyl adjacent to an activating group) is 1. The number of imide groups is 1. The SMILES string of the molecule is CN1C(=O)C(c2c[nH]c3ccccc23)=C(n2cnc3ncccc32)C1=O. The van der Waals surface area contributed by atoms with Gasteiger partial charge in [-0.2, -0.15) is 0 Å². The van der Waals surface area contributed by atoms with E-state index >= 15 is 0 Å². The number of amides is 2. The summed E-state index contributed by atoms with van der Waals surface area (Å²) in [6.07, 6.45) is 4.94. The van der Waals surface area contributed by atoms with Crippen molar-refractivity contribution in [3.05, 3.63) is 60.7 Å². The van der Waals surface area contributed by atoms with E-state index in [-0.39, 0.29) is 17.5 Å². The number of para-hydroxylation sites is 1. The van der Waals surface area contributed by atoms with Crippen LogP contribution < -0.4 is 0 Å². The van der Waals surface area contributed by atoms with Crippen molar-refractivity contribution in [3.63, 3.8) is 0 Å². The lowest BCUT2D eigenvalue weighted by Gasteiger charge is -2.07. The van der Waals surface area contributed by atoms with Gasteiger partial charge in [0.05, 0.1) is 11.1 Å². The molecule has 1 aliphatic heterocycles. The molecule has 5 rings (SSSR count). The number of aromatic amines is 1. The lowest BCUT2D eigenvalue weighted by molar-refractivity contribution is -0.134. The van der Waals surface area contributed by atoms with Crippen LogP contribution in [0.3, 0.4) is 0 Å². The van der Waals surface area contributed by atoms with Crippen LogP contribution in [-0.4, -0.2) is 43.3 Å². The molecule has 2 amide bonds. The number of rotatable bonds is 2. The van der Waals surface area contributed by atoms with Crippen LogP contribution in [0, 0.1) is 0 Å². The first-order chi connectivity index (χ1) is 12.7. The van der Waals surface area contributed by atoms with Gasteiger partial charge in [-0.25, -0.2) is 9.97 Å². The van der Waals surface area contributed by atoms with E-state index < -0.39 is 0 Å². The molecular weight excluding hydrogens is 330 g/mol. The highest BCUT2D eigenvalue weighted by Gasteiger charge is 2.39. The van der Waals surface area contributed by atoms with Crippen molar-refractivity contribution >= 4 is 45.2 Å². The van der Waals surface area contributed by atoms with Crippen molar-refractivity contribution < 1.29 is 9.59 Å². The van der Waals surface area contributed by atoms with Gasteiger partial charge in [-0.15, -0.1) is 0 Å². The molecule has 7 heteroatoms. The highest BCUT2D eigenvalue weighted by molar-refractivity contribution is 6.47. The minimum Gasteiger partial charge on any atom is -0.361 e. The van der Waals surface area contributed by atoms with Crippen LogP contribution >= 0.6 is 0 Å². The first kappa shape index (κ1) is 14.6. The molecule has 1 N–H and O–H groups in total. The Balaban J connectivity index is 1.86. The van der Waals surface area contributed by atoms with E-state index in [0.29, 0.717) is 22.3 Å². The Labute approximate surface area is 147 Å². The third-order valence-corrected chi connectivity index (χ3v) is 4.68. The predicted molar refractivity (Wildman–Crippen MR) is 96.7 cm³/mol. The molecule has 4 aromatic rings. The van der Waals surface area contributed by atoms with Crippen molar-refractivity contribution in [3.8, 4) is 0 Å². The van der Waals surface area contributed by atoms with E-state index in [1.807, 2.05) is 30.3 Å². The molecule has 0 fully saturated rings. The molecular formula is C19H13N5O2. The lowest BCUT2D eigenvalue weighted by atomic mass is 10.0. The molecule has 0 aliphatic carbocycles. The number of carbonyl (C=O) groups excluding carboxylic acids is 2. The Morgan fingerprint density at radius 3 is 2.73 bits per heavy atom. The number of H-pyrrole nitrogens is 1. The Bertz CT molecular complexity index is 1150. The molecule has 0 saturated heterocycles. The molecule has 7 nitrogen and oxygen atoms in total. The predicted octanol–water partition coefficient (Wildman–Crippen LogP) is 2.28. The van der Waals surface area contributed by atoms with E-state index in [2.05, 4.69) is 15.0 Å². The van der Waals surface area contributed by atoms with Gasteiger partial charge in [-0.05, 0) is 18.2 Å². The van der Waals surface area contributed by atoms with Crippen LogP contribution in [0.5, 0.6) is 0 Å². The highest BCUT2D eigenvalue weighted by Crippen LogP contribution is 2.36. The molecule has 0 spiro atoms. The summed E-state index contributed by atoms with van der Waals surface area (Å²) in [7, 11) is 1.49. The van der Waals surface area contributed by atoms with Crippen molar-refractivity contribution in [1.29, 1.82) is 0 Å². The fourth-order valence-corrected chi connectivity index (χ4v) is 3.40. The molecule has 26 heavy (non-hydrogen) atoms. The normalized spacial score (nSPS) is 15.0. The Morgan fingerprint density at radius 2 is 1.85 bits per heavy atom. The summed E-state index contributed by atoms with van der Waals surface area (Å²) in [6, 6.07) is 11.3. The van der Waals surface area contributed by atoms with Crippen LogP contribution in [0.4, 0.5) is 0 Å². The van der Waals surface area contributed by atoms with E-state index in [1.165, 1.54) is 13.4 Å². The van der Waals surface area contributed by atoms with Gasteiger partial charge in [0.15, 0.2) is 5.65 Å². The van der Waals surface area contributed by atoms with Gasteiger partial charge in [0, 0.05) is 35.9 Å². The van der Waals surface area contributed by atoms with Crippen molar-refractivity contribution in [1.82, 2.24) is 24.4 Å². The third-order valence-electron chi connectivity index (χ3n) is 4.68. The zero-order chi connectivity index (χ0) is 17.8. The van der Waals surface area contributed by atoms with Crippen molar-refractivity contribution in [2.24, 2.45) is 0 Å². The number of hydrogen-bond donors (Lipinski definition) is 1. The second kappa shape index (κ2) is 5.13. The molecule has 0 unspecified atom stereocenters. The van der Waals surface area contributed by atoms with Gasteiger partial charge in [-0.1, -0.05) is 18.2 Å². The van der Waals surface area contributed by atoms with Crippen LogP contribution in [-0.2, 0) is 9.59 Å². The Morgan fingerprint density at radius 1 is 1.00 bits per heavy atom. The number of fused-ring (bicyclic) bond motifs is 2. The fourth-order valence-electron chi connectivity index (χ4n) is 3.40. The first-order valence-corrected chi connectivity index (χ1v) is 8.08. The molecule has 126 valence electrons. The number of nitrogens with zero attached hydrogens (tertiary/aromatic N) is 4.